The Kier molecular flexibility index (Phi) is 7.14. The molecule has 2 N–H and O–H groups in total. The van der Waals surface area contributed by atoms with Crippen LogP contribution in [0.1, 0.15) is 16.1 Å². The molecule has 1 fully saturated rings. The van der Waals surface area contributed by atoms with Crippen LogP contribution in [-0.2, 0) is 13.6 Å². The quantitative estimate of drug-likeness (QED) is 0.375. The number of nitrogens with zero attached hydrogens (tertiary/aromatic N) is 4. The number of carbonyl (C=O) groups is 2. The Morgan fingerprint density at radius 3 is 2.37 bits per heavy atom. The molecule has 0 spiro atoms. The molecule has 10 heteroatoms. The molecule has 3 heterocycles. The summed E-state index contributed by atoms with van der Waals surface area (Å²) in [6.07, 6.45) is 0.230. The summed E-state index contributed by atoms with van der Waals surface area (Å²) in [5.74, 6) is 1.76. The molecule has 2 aromatic heterocycles. The molecule has 10 nitrogen and oxygen atoms in total. The molecule has 0 unspecified atom stereocenters. The number of amides is 2. The maximum atomic E-state index is 13.4. The van der Waals surface area contributed by atoms with E-state index in [0.29, 0.717) is 36.1 Å². The number of nitrogens with one attached hydrogen (secondary N) is 1. The maximum Gasteiger partial charge on any atom is 0.409 e. The summed E-state index contributed by atoms with van der Waals surface area (Å²) in [7, 11) is 3.56. The van der Waals surface area contributed by atoms with Gasteiger partial charge in [0.05, 0.1) is 19.0 Å². The average molecular weight is 516 g/mol. The fraction of sp³-hybridized carbons (Fsp3) is 0.250. The molecule has 0 aliphatic carbocycles. The predicted octanol–water partition coefficient (Wildman–Crippen LogP) is 4.42. The van der Waals surface area contributed by atoms with Crippen molar-refractivity contribution in [3.05, 3.63) is 78.1 Å². The molecular weight excluding hydrogens is 486 g/mol. The highest BCUT2D eigenvalue weighted by molar-refractivity contribution is 5.99. The van der Waals surface area contributed by atoms with Crippen molar-refractivity contribution in [3.8, 4) is 17.4 Å². The topological polar surface area (TPSA) is 109 Å². The molecule has 38 heavy (non-hydrogen) atoms. The largest absolute Gasteiger partial charge is 0.497 e. The van der Waals surface area contributed by atoms with Gasteiger partial charge in [-0.3, -0.25) is 15.0 Å². The standard InChI is InChI=1S/C28H29N5O5/c1-31-24-9-8-23(38-26-10-5-21(17-29-26)30-28(35)36)15-20(24)16-25(31)27(34)33-13-11-32(12-14-33)18-19-3-6-22(37-2)7-4-19/h3-10,15-17,30H,11-14,18H2,1-2H3,(H,35,36). The number of anilines is 1. The van der Waals surface area contributed by atoms with Crippen LogP contribution in [0.5, 0.6) is 17.4 Å². The number of carbonyl (C=O) groups excluding carboxylic acids is 1. The predicted molar refractivity (Wildman–Crippen MR) is 143 cm³/mol. The van der Waals surface area contributed by atoms with Crippen LogP contribution in [0.15, 0.2) is 66.9 Å². The van der Waals surface area contributed by atoms with Gasteiger partial charge in [-0.2, -0.15) is 0 Å². The van der Waals surface area contributed by atoms with Gasteiger partial charge in [0, 0.05) is 56.7 Å². The number of piperazine rings is 1. The Hall–Kier alpha value is -4.57. The Balaban J connectivity index is 1.22. The molecule has 0 saturated carbocycles. The van der Waals surface area contributed by atoms with Gasteiger partial charge in [0.25, 0.3) is 5.91 Å². The Morgan fingerprint density at radius 2 is 1.71 bits per heavy atom. The molecule has 1 aliphatic rings. The molecule has 0 bridgehead atoms. The van der Waals surface area contributed by atoms with E-state index in [-0.39, 0.29) is 5.91 Å². The Bertz CT molecular complexity index is 1440. The summed E-state index contributed by atoms with van der Waals surface area (Å²) in [5, 5.41) is 11.9. The summed E-state index contributed by atoms with van der Waals surface area (Å²) >= 11 is 0. The third-order valence-corrected chi connectivity index (χ3v) is 6.67. The zero-order valence-electron chi connectivity index (χ0n) is 21.3. The second-order valence-corrected chi connectivity index (χ2v) is 9.14. The van der Waals surface area contributed by atoms with E-state index in [1.165, 1.54) is 11.8 Å². The lowest BCUT2D eigenvalue weighted by Crippen LogP contribution is -2.48. The molecule has 2 aromatic carbocycles. The van der Waals surface area contributed by atoms with Crippen molar-refractivity contribution in [1.82, 2.24) is 19.4 Å². The van der Waals surface area contributed by atoms with Gasteiger partial charge in [0.15, 0.2) is 0 Å². The van der Waals surface area contributed by atoms with E-state index in [1.54, 1.807) is 19.2 Å². The summed E-state index contributed by atoms with van der Waals surface area (Å²) in [4.78, 5) is 32.5. The van der Waals surface area contributed by atoms with Gasteiger partial charge in [-0.1, -0.05) is 12.1 Å². The summed E-state index contributed by atoms with van der Waals surface area (Å²) in [6, 6.07) is 18.7. The summed E-state index contributed by atoms with van der Waals surface area (Å²) in [6.45, 7) is 3.81. The maximum absolute atomic E-state index is 13.4. The number of aromatic nitrogens is 2. The van der Waals surface area contributed by atoms with Crippen LogP contribution in [0, 0.1) is 0 Å². The van der Waals surface area contributed by atoms with Gasteiger partial charge in [0.1, 0.15) is 17.2 Å². The monoisotopic (exact) mass is 515 g/mol. The average Bonchev–Trinajstić information content (AvgIpc) is 3.25. The van der Waals surface area contributed by atoms with Crippen LogP contribution in [0.3, 0.4) is 0 Å². The number of benzene rings is 2. The van der Waals surface area contributed by atoms with Gasteiger partial charge in [-0.15, -0.1) is 0 Å². The fourth-order valence-corrected chi connectivity index (χ4v) is 4.62. The van der Waals surface area contributed by atoms with Crippen molar-refractivity contribution in [3.63, 3.8) is 0 Å². The molecule has 0 radical (unpaired) electrons. The van der Waals surface area contributed by atoms with Gasteiger partial charge < -0.3 is 24.0 Å². The minimum atomic E-state index is -1.16. The fourth-order valence-electron chi connectivity index (χ4n) is 4.62. The van der Waals surface area contributed by atoms with Crippen molar-refractivity contribution >= 4 is 28.6 Å². The van der Waals surface area contributed by atoms with E-state index in [4.69, 9.17) is 14.6 Å². The zero-order chi connectivity index (χ0) is 26.6. The smallest absolute Gasteiger partial charge is 0.409 e. The van der Waals surface area contributed by atoms with E-state index in [2.05, 4.69) is 27.3 Å². The number of pyridine rings is 1. The first-order valence-corrected chi connectivity index (χ1v) is 12.3. The van der Waals surface area contributed by atoms with E-state index < -0.39 is 6.09 Å². The zero-order valence-corrected chi connectivity index (χ0v) is 21.3. The number of hydrogen-bond donors (Lipinski definition) is 2. The second kappa shape index (κ2) is 10.8. The highest BCUT2D eigenvalue weighted by atomic mass is 16.5. The van der Waals surface area contributed by atoms with Crippen molar-refractivity contribution < 1.29 is 24.2 Å². The van der Waals surface area contributed by atoms with Crippen LogP contribution in [-0.4, -0.2) is 69.7 Å². The van der Waals surface area contributed by atoms with Gasteiger partial charge >= 0.3 is 6.09 Å². The molecule has 4 aromatic rings. The highest BCUT2D eigenvalue weighted by Crippen LogP contribution is 2.28. The molecule has 1 aliphatic heterocycles. The lowest BCUT2D eigenvalue weighted by atomic mass is 10.2. The van der Waals surface area contributed by atoms with Gasteiger partial charge in [-0.05, 0) is 48.0 Å². The number of rotatable bonds is 7. The van der Waals surface area contributed by atoms with Crippen LogP contribution < -0.4 is 14.8 Å². The Labute approximate surface area is 220 Å². The first kappa shape index (κ1) is 25.1. The third kappa shape index (κ3) is 5.55. The number of hydrogen-bond acceptors (Lipinski definition) is 6. The first-order chi connectivity index (χ1) is 18.4. The summed E-state index contributed by atoms with van der Waals surface area (Å²) in [5.41, 5.74) is 3.13. The van der Waals surface area contributed by atoms with Crippen molar-refractivity contribution in [1.29, 1.82) is 0 Å². The lowest BCUT2D eigenvalue weighted by molar-refractivity contribution is 0.0619. The van der Waals surface area contributed by atoms with Crippen molar-refractivity contribution in [2.75, 3.05) is 38.6 Å². The van der Waals surface area contributed by atoms with Crippen LogP contribution in [0.25, 0.3) is 10.9 Å². The van der Waals surface area contributed by atoms with Crippen molar-refractivity contribution in [2.24, 2.45) is 7.05 Å². The van der Waals surface area contributed by atoms with E-state index in [0.717, 1.165) is 36.3 Å². The SMILES string of the molecule is COc1ccc(CN2CCN(C(=O)c3cc4cc(Oc5ccc(NC(=O)O)cn5)ccc4n3C)CC2)cc1. The third-order valence-electron chi connectivity index (χ3n) is 6.67. The minimum Gasteiger partial charge on any atom is -0.497 e. The van der Waals surface area contributed by atoms with Crippen LogP contribution >= 0.6 is 0 Å². The van der Waals surface area contributed by atoms with Crippen molar-refractivity contribution in [2.45, 2.75) is 6.54 Å². The Morgan fingerprint density at radius 1 is 0.974 bits per heavy atom. The number of fused-ring (bicyclic) bond motifs is 1. The number of carboxylic acid groups (broad SMARTS) is 1. The normalized spacial score (nSPS) is 13.9. The molecular formula is C28H29N5O5. The van der Waals surface area contributed by atoms with Crippen LogP contribution in [0.2, 0.25) is 0 Å². The number of ether oxygens (including phenoxy) is 2. The molecule has 0 atom stereocenters. The molecule has 196 valence electrons. The van der Waals surface area contributed by atoms with Crippen LogP contribution in [0.4, 0.5) is 10.5 Å². The van der Waals surface area contributed by atoms with Gasteiger partial charge in [0.2, 0.25) is 5.88 Å². The van der Waals surface area contributed by atoms with E-state index >= 15 is 0 Å². The molecule has 5 rings (SSSR count). The minimum absolute atomic E-state index is 0.0125. The number of aryl methyl sites for hydroxylation is 1. The first-order valence-electron chi connectivity index (χ1n) is 12.3. The number of methoxy groups -OCH3 is 1. The summed E-state index contributed by atoms with van der Waals surface area (Å²) < 4.78 is 13.0. The van der Waals surface area contributed by atoms with Gasteiger partial charge in [-0.25, -0.2) is 9.78 Å². The lowest BCUT2D eigenvalue weighted by Gasteiger charge is -2.34. The molecule has 1 saturated heterocycles. The van der Waals surface area contributed by atoms with E-state index in [9.17, 15) is 9.59 Å². The van der Waals surface area contributed by atoms with E-state index in [1.807, 2.05) is 52.9 Å². The molecule has 2 amide bonds. The second-order valence-electron chi connectivity index (χ2n) is 9.14. The highest BCUT2D eigenvalue weighted by Gasteiger charge is 2.25.